The van der Waals surface area contributed by atoms with E-state index >= 15 is 0 Å². The van der Waals surface area contributed by atoms with Crippen molar-refractivity contribution in [2.75, 3.05) is 0 Å². The first-order chi connectivity index (χ1) is 9.60. The van der Waals surface area contributed by atoms with Gasteiger partial charge in [0.05, 0.1) is 5.97 Å². The number of carbonyl (C=O) groups is 2. The van der Waals surface area contributed by atoms with E-state index in [0.29, 0.717) is 5.02 Å². The van der Waals surface area contributed by atoms with Crippen LogP contribution in [0.3, 0.4) is 0 Å². The number of benzene rings is 1. The van der Waals surface area contributed by atoms with E-state index in [1.54, 1.807) is 20.8 Å². The first-order valence-electron chi connectivity index (χ1n) is 6.24. The summed E-state index contributed by atoms with van der Waals surface area (Å²) in [5, 5.41) is 23.7. The molecule has 0 unspecified atom stereocenters. The summed E-state index contributed by atoms with van der Waals surface area (Å²) in [6.07, 6.45) is -2.44. The highest BCUT2D eigenvalue weighted by atomic mass is 35.5. The molecule has 0 bridgehead atoms. The average Bonchev–Trinajstić information content (AvgIpc) is 2.33. The van der Waals surface area contributed by atoms with Crippen LogP contribution in [0.1, 0.15) is 32.4 Å². The number of aliphatic hydroxyl groups excluding tert-OH is 1. The summed E-state index contributed by atoms with van der Waals surface area (Å²) in [5.41, 5.74) is -0.504. The number of carboxylic acids is 1. The number of rotatable bonds is 4. The number of alkyl carbamates (subject to hydrolysis) is 1. The van der Waals surface area contributed by atoms with E-state index in [0.717, 1.165) is 0 Å². The van der Waals surface area contributed by atoms with Crippen LogP contribution < -0.4 is 10.4 Å². The Hall–Kier alpha value is -1.79. The van der Waals surface area contributed by atoms with Gasteiger partial charge in [-0.3, -0.25) is 0 Å². The third-order valence-corrected chi connectivity index (χ3v) is 2.71. The molecule has 2 atom stereocenters. The summed E-state index contributed by atoms with van der Waals surface area (Å²) in [5.74, 6) is -1.62. The van der Waals surface area contributed by atoms with Gasteiger partial charge in [-0.05, 0) is 38.5 Å². The van der Waals surface area contributed by atoms with Gasteiger partial charge >= 0.3 is 6.09 Å². The molecule has 0 fully saturated rings. The lowest BCUT2D eigenvalue weighted by atomic mass is 10.0. The van der Waals surface area contributed by atoms with Crippen molar-refractivity contribution in [2.24, 2.45) is 0 Å². The molecule has 1 amide bonds. The highest BCUT2D eigenvalue weighted by Gasteiger charge is 2.26. The fourth-order valence-electron chi connectivity index (χ4n) is 1.55. The number of carbonyl (C=O) groups excluding carboxylic acids is 2. The van der Waals surface area contributed by atoms with Crippen molar-refractivity contribution in [2.45, 2.75) is 38.5 Å². The Bertz CT molecular complexity index is 509. The fraction of sp³-hybridized carbons (Fsp3) is 0.429. The van der Waals surface area contributed by atoms with Gasteiger partial charge in [0.2, 0.25) is 0 Å². The predicted octanol–water partition coefficient (Wildman–Crippen LogP) is 1.02. The molecule has 0 aromatic heterocycles. The average molecular weight is 315 g/mol. The molecule has 0 saturated carbocycles. The molecule has 0 heterocycles. The molecule has 1 aromatic carbocycles. The molecule has 0 aliphatic carbocycles. The van der Waals surface area contributed by atoms with Crippen molar-refractivity contribution in [3.05, 3.63) is 34.9 Å². The Kier molecular flexibility index (Phi) is 5.57. The molecule has 0 aliphatic rings. The highest BCUT2D eigenvalue weighted by Crippen LogP contribution is 2.19. The number of nitrogens with one attached hydrogen (secondary N) is 1. The van der Waals surface area contributed by atoms with Crippen LogP contribution in [0, 0.1) is 0 Å². The molecular weight excluding hydrogens is 298 g/mol. The molecule has 0 spiro atoms. The number of aliphatic carboxylic acids is 1. The lowest BCUT2D eigenvalue weighted by Gasteiger charge is -2.27. The quantitative estimate of drug-likeness (QED) is 0.864. The van der Waals surface area contributed by atoms with Crippen molar-refractivity contribution in [3.8, 4) is 0 Å². The van der Waals surface area contributed by atoms with E-state index in [9.17, 15) is 19.8 Å². The maximum atomic E-state index is 11.6. The second-order valence-corrected chi connectivity index (χ2v) is 5.88. The summed E-state index contributed by atoms with van der Waals surface area (Å²) in [6.45, 7) is 4.91. The molecular formula is C14H17ClNO5-. The standard InChI is InChI=1S/C14H18ClNO5/c1-14(2,3)21-13(20)16-10(12(18)19)11(17)8-4-6-9(15)7-5-8/h4-7,10-11,17H,1-3H3,(H,16,20)(H,18,19)/p-1/t10-,11+/m1/s1. The lowest BCUT2D eigenvalue weighted by Crippen LogP contribution is -2.52. The largest absolute Gasteiger partial charge is 0.548 e. The van der Waals surface area contributed by atoms with Gasteiger partial charge in [-0.25, -0.2) is 4.79 Å². The maximum absolute atomic E-state index is 11.6. The molecule has 6 nitrogen and oxygen atoms in total. The first kappa shape index (κ1) is 17.3. The summed E-state index contributed by atoms with van der Waals surface area (Å²) in [6, 6.07) is 4.28. The predicted molar refractivity (Wildman–Crippen MR) is 74.6 cm³/mol. The second-order valence-electron chi connectivity index (χ2n) is 5.44. The van der Waals surface area contributed by atoms with Crippen LogP contribution in [0.5, 0.6) is 0 Å². The Labute approximate surface area is 127 Å². The van der Waals surface area contributed by atoms with Crippen LogP contribution >= 0.6 is 11.6 Å². The number of aliphatic hydroxyl groups is 1. The summed E-state index contributed by atoms with van der Waals surface area (Å²) >= 11 is 5.72. The topological polar surface area (TPSA) is 98.7 Å². The molecule has 1 aromatic rings. The van der Waals surface area contributed by atoms with Gasteiger partial charge < -0.3 is 25.1 Å². The van der Waals surface area contributed by atoms with E-state index in [1.807, 2.05) is 0 Å². The SMILES string of the molecule is CC(C)(C)OC(=O)N[C@@H](C(=O)[O-])[C@@H](O)c1ccc(Cl)cc1. The van der Waals surface area contributed by atoms with Gasteiger partial charge in [0, 0.05) is 5.02 Å². The van der Waals surface area contributed by atoms with Crippen molar-refractivity contribution >= 4 is 23.7 Å². The van der Waals surface area contributed by atoms with Gasteiger partial charge in [0.25, 0.3) is 0 Å². The highest BCUT2D eigenvalue weighted by molar-refractivity contribution is 6.30. The van der Waals surface area contributed by atoms with E-state index < -0.39 is 29.8 Å². The Morgan fingerprint density at radius 2 is 1.81 bits per heavy atom. The Balaban J connectivity index is 2.84. The van der Waals surface area contributed by atoms with Crippen LogP contribution in [-0.2, 0) is 9.53 Å². The van der Waals surface area contributed by atoms with Crippen molar-refractivity contribution in [1.82, 2.24) is 5.32 Å². The third-order valence-electron chi connectivity index (χ3n) is 2.45. The van der Waals surface area contributed by atoms with Gasteiger partial charge in [-0.15, -0.1) is 0 Å². The monoisotopic (exact) mass is 314 g/mol. The van der Waals surface area contributed by atoms with E-state index in [4.69, 9.17) is 16.3 Å². The molecule has 0 aliphatic heterocycles. The minimum absolute atomic E-state index is 0.282. The van der Waals surface area contributed by atoms with E-state index in [2.05, 4.69) is 5.32 Å². The van der Waals surface area contributed by atoms with E-state index in [1.165, 1.54) is 24.3 Å². The zero-order valence-electron chi connectivity index (χ0n) is 11.9. The minimum Gasteiger partial charge on any atom is -0.548 e. The van der Waals surface area contributed by atoms with Gasteiger partial charge in [0.15, 0.2) is 0 Å². The molecule has 0 saturated heterocycles. The number of hydrogen-bond donors (Lipinski definition) is 2. The smallest absolute Gasteiger partial charge is 0.408 e. The van der Waals surface area contributed by atoms with Crippen LogP contribution in [0.15, 0.2) is 24.3 Å². The van der Waals surface area contributed by atoms with Crippen molar-refractivity contribution in [1.29, 1.82) is 0 Å². The summed E-state index contributed by atoms with van der Waals surface area (Å²) < 4.78 is 4.95. The normalized spacial score (nSPS) is 14.1. The molecule has 7 heteroatoms. The second kappa shape index (κ2) is 6.78. The Morgan fingerprint density at radius 1 is 1.29 bits per heavy atom. The third kappa shape index (κ3) is 5.61. The number of hydrogen-bond acceptors (Lipinski definition) is 5. The molecule has 21 heavy (non-hydrogen) atoms. The number of carboxylic acid groups (broad SMARTS) is 1. The molecule has 0 radical (unpaired) electrons. The van der Waals surface area contributed by atoms with Crippen LogP contribution in [0.2, 0.25) is 5.02 Å². The fourth-order valence-corrected chi connectivity index (χ4v) is 1.68. The lowest BCUT2D eigenvalue weighted by molar-refractivity contribution is -0.310. The summed E-state index contributed by atoms with van der Waals surface area (Å²) in [7, 11) is 0. The van der Waals surface area contributed by atoms with Crippen molar-refractivity contribution in [3.63, 3.8) is 0 Å². The zero-order chi connectivity index (χ0) is 16.2. The molecule has 2 N–H and O–H groups in total. The van der Waals surface area contributed by atoms with Crippen molar-refractivity contribution < 1.29 is 24.5 Å². The number of amides is 1. The first-order valence-corrected chi connectivity index (χ1v) is 6.62. The maximum Gasteiger partial charge on any atom is 0.408 e. The van der Waals surface area contributed by atoms with Gasteiger partial charge in [0.1, 0.15) is 17.7 Å². The Morgan fingerprint density at radius 3 is 2.24 bits per heavy atom. The molecule has 1 rings (SSSR count). The van der Waals surface area contributed by atoms with Crippen LogP contribution in [0.25, 0.3) is 0 Å². The van der Waals surface area contributed by atoms with Gasteiger partial charge in [-0.2, -0.15) is 0 Å². The van der Waals surface area contributed by atoms with Crippen LogP contribution in [0.4, 0.5) is 4.79 Å². The zero-order valence-corrected chi connectivity index (χ0v) is 12.7. The number of ether oxygens (including phenoxy) is 1. The van der Waals surface area contributed by atoms with Crippen LogP contribution in [-0.4, -0.2) is 28.8 Å². The minimum atomic E-state index is -1.64. The summed E-state index contributed by atoms with van der Waals surface area (Å²) in [4.78, 5) is 22.7. The molecule has 116 valence electrons. The van der Waals surface area contributed by atoms with Gasteiger partial charge in [-0.1, -0.05) is 23.7 Å². The van der Waals surface area contributed by atoms with E-state index in [-0.39, 0.29) is 5.56 Å². The number of halogens is 1.